The lowest BCUT2D eigenvalue weighted by atomic mass is 9.95. The lowest BCUT2D eigenvalue weighted by Gasteiger charge is -2.22. The minimum Gasteiger partial charge on any atom is -0.508 e. The molecule has 2 saturated carbocycles. The Morgan fingerprint density at radius 1 is 0.727 bits per heavy atom. The Balaban J connectivity index is 0.000000228. The average molecular weight is 806 g/mol. The van der Waals surface area contributed by atoms with Gasteiger partial charge in [-0.3, -0.25) is 9.59 Å². The third kappa shape index (κ3) is 11.9. The Morgan fingerprint density at radius 3 is 1.82 bits per heavy atom. The number of phenols is 1. The Bertz CT molecular complexity index is 3130. The summed E-state index contributed by atoms with van der Waals surface area (Å²) in [5.74, 6) is -2.21. The molecule has 2 fully saturated rings. The fourth-order valence-electron chi connectivity index (χ4n) is 4.85. The number of alkyl halides is 1. The number of carbonyl (C=O) groups excluding carboxylic acids is 2. The molecular formula is C40H55ClN10O4. The number of ether oxygens (including phenoxy) is 1. The van der Waals surface area contributed by atoms with Crippen molar-refractivity contribution in [3.05, 3.63) is 59.2 Å². The van der Waals surface area contributed by atoms with Gasteiger partial charge in [0.1, 0.15) is 11.5 Å². The molecule has 14 nitrogen and oxygen atoms in total. The molecule has 3 N–H and O–H groups in total. The molecule has 0 unspecified atom stereocenters. The summed E-state index contributed by atoms with van der Waals surface area (Å²) in [4.78, 5) is 23.3. The summed E-state index contributed by atoms with van der Waals surface area (Å²) in [6.07, 6.45) is -45.3. The highest BCUT2D eigenvalue weighted by Gasteiger charge is 2.21. The molecule has 8 rings (SSSR count). The quantitative estimate of drug-likeness (QED) is 0.0740. The number of carbonyl (C=O) groups is 2. The van der Waals surface area contributed by atoms with E-state index in [9.17, 15) is 14.7 Å². The number of tetrazole rings is 2. The highest BCUT2D eigenvalue weighted by Crippen LogP contribution is 2.30. The number of phenolic OH excluding ortho intramolecular Hbond substituents is 1. The Labute approximate surface area is 370 Å². The maximum Gasteiger partial charge on any atom is 0.224 e. The largest absolute Gasteiger partial charge is 0.508 e. The third-order valence-electron chi connectivity index (χ3n) is 7.42. The second-order valence-electron chi connectivity index (χ2n) is 11.3. The zero-order chi connectivity index (χ0) is 65.2. The van der Waals surface area contributed by atoms with Gasteiger partial charge in [0.2, 0.25) is 11.8 Å². The van der Waals surface area contributed by atoms with Crippen LogP contribution in [-0.2, 0) is 35.2 Å². The average Bonchev–Trinajstić information content (AvgIpc) is 1.26. The molecule has 2 aromatic carbocycles. The van der Waals surface area contributed by atoms with Gasteiger partial charge in [0, 0.05) is 81.2 Å². The fourth-order valence-corrected chi connectivity index (χ4v) is 5.04. The molecule has 2 aliphatic carbocycles. The van der Waals surface area contributed by atoms with Crippen molar-refractivity contribution in [1.82, 2.24) is 40.4 Å². The number of aromatic nitrogens is 8. The first-order chi connectivity index (χ1) is 38.3. The first kappa shape index (κ1) is 16.9. The van der Waals surface area contributed by atoms with Crippen LogP contribution in [0.2, 0.25) is 0 Å². The maximum absolute atomic E-state index is 11.9. The molecule has 4 aromatic rings. The van der Waals surface area contributed by atoms with E-state index in [-0.39, 0.29) is 77.9 Å². The third-order valence-corrected chi connectivity index (χ3v) is 7.69. The first-order valence-electron chi connectivity index (χ1n) is 31.6. The predicted octanol–water partition coefficient (Wildman–Crippen LogP) is 7.48. The lowest BCUT2D eigenvalue weighted by molar-refractivity contribution is -0.117. The molecule has 2 amide bonds. The lowest BCUT2D eigenvalue weighted by Crippen LogP contribution is -2.18. The number of halogens is 1. The molecule has 15 heteroatoms. The van der Waals surface area contributed by atoms with Crippen molar-refractivity contribution in [1.29, 1.82) is 0 Å². The topological polar surface area (TPSA) is 175 Å². The van der Waals surface area contributed by atoms with Crippen molar-refractivity contribution >= 4 is 34.8 Å². The normalized spacial score (nSPS) is 39.1. The number of hydrogen-bond donors (Lipinski definition) is 3. The summed E-state index contributed by atoms with van der Waals surface area (Å²) in [7, 11) is 0. The van der Waals surface area contributed by atoms with Crippen molar-refractivity contribution in [3.8, 4) is 11.5 Å². The van der Waals surface area contributed by atoms with E-state index in [0.717, 1.165) is 6.07 Å². The number of aryl methyl sites for hydroxylation is 4. The van der Waals surface area contributed by atoms with Gasteiger partial charge in [-0.15, -0.1) is 21.8 Å². The summed E-state index contributed by atoms with van der Waals surface area (Å²) in [5, 5.41) is 34.8. The molecule has 2 aliphatic heterocycles. The standard InChI is InChI=1S/C20H27N5O2.C11H19ClN4.C9H9NO2/c26-20-12-9-15-14-17(10-11-18(15)21-20)27-13-5-4-8-19-22-23-24-25(19)16-6-2-1-3-7-16;12-9-5-4-8-11-13-14-15-16(11)10-6-2-1-3-7-10;11-7-2-3-8-6(5-7)1-4-9(12)10-8/h10-11,14,16H,1-9,12-13H2,(H,21,26);10H,1-9H2;2-3,5,11H,1,4H2,(H,10,12)/i1D2,2D2,3D2,6D2,7D2,9D2,12D2,16D;1D2,2D2,3D2,6D2,7D2,10D;1D2,4D2. The van der Waals surface area contributed by atoms with Crippen LogP contribution in [0.3, 0.4) is 0 Å². The highest BCUT2D eigenvalue weighted by molar-refractivity contribution is 6.17. The number of rotatable bonds is 12. The first-order valence-corrected chi connectivity index (χ1v) is 17.2. The Kier molecular flexibility index (Phi) is 6.41. The van der Waals surface area contributed by atoms with Gasteiger partial charge < -0.3 is 20.5 Å². The van der Waals surface area contributed by atoms with Gasteiger partial charge in [0.25, 0.3) is 0 Å². The minimum absolute atomic E-state index is 0.0293. The molecule has 4 aliphatic rings. The second kappa shape index (κ2) is 20.9. The molecule has 4 heterocycles. The molecule has 0 spiro atoms. The monoisotopic (exact) mass is 805 g/mol. The highest BCUT2D eigenvalue weighted by atomic mass is 35.5. The SMILES string of the molecule is [2H]C1([2H])C(=O)Nc2ccc(O)cc2C1([2H])[2H].[2H]C1([2H])C(=O)Nc2ccc(OCCCCc3nnnn3C3([2H])C([2H])([2H])C([2H])([2H])C([2H])([2H])C([2H])([2H])C3([2H])[2H])cc2C1([2H])[2H].[2H]C1([2H])C([2H])([2H])C([2H])([2H])C([2H])(n2nnnc2CCCCCl)C([2H])([2H])C1([2H])[2H]. The van der Waals surface area contributed by atoms with Crippen LogP contribution in [0.15, 0.2) is 36.4 Å². The van der Waals surface area contributed by atoms with Gasteiger partial charge in [-0.2, -0.15) is 0 Å². The van der Waals surface area contributed by atoms with Crippen LogP contribution in [0, 0.1) is 0 Å². The summed E-state index contributed by atoms with van der Waals surface area (Å²) in [6, 6.07) is 1.08. The zero-order valence-electron chi connectivity index (χ0n) is 58.7. The van der Waals surface area contributed by atoms with Gasteiger partial charge in [0.15, 0.2) is 11.6 Å². The number of unbranched alkanes of at least 4 members (excludes halogenated alkanes) is 2. The molecule has 55 heavy (non-hydrogen) atoms. The van der Waals surface area contributed by atoms with Crippen molar-refractivity contribution in [3.63, 3.8) is 0 Å². The molecule has 0 saturated heterocycles. The van der Waals surface area contributed by atoms with Crippen LogP contribution in [0.4, 0.5) is 11.4 Å². The molecule has 296 valence electrons. The van der Waals surface area contributed by atoms with Gasteiger partial charge in [-0.25, -0.2) is 9.36 Å². The number of nitrogens with one attached hydrogen (secondary N) is 2. The Morgan fingerprint density at radius 2 is 1.25 bits per heavy atom. The number of amides is 2. The van der Waals surface area contributed by atoms with E-state index in [1.807, 2.05) is 0 Å². The predicted molar refractivity (Wildman–Crippen MR) is 210 cm³/mol. The van der Waals surface area contributed by atoms with Gasteiger partial charge in [0.05, 0.1) is 21.4 Å². The maximum atomic E-state index is 11.9. The summed E-state index contributed by atoms with van der Waals surface area (Å²) < 4.78 is 248. The van der Waals surface area contributed by atoms with Gasteiger partial charge >= 0.3 is 0 Å². The van der Waals surface area contributed by atoms with E-state index in [1.54, 1.807) is 0 Å². The molecule has 2 aromatic heterocycles. The van der Waals surface area contributed by atoms with Crippen LogP contribution in [0.1, 0.15) is 178 Å². The van der Waals surface area contributed by atoms with Crippen LogP contribution >= 0.6 is 11.6 Å². The van der Waals surface area contributed by atoms with Crippen molar-refractivity contribution in [2.45, 2.75) is 140 Å². The summed E-state index contributed by atoms with van der Waals surface area (Å²) in [5.41, 5.74) is 0.123. The summed E-state index contributed by atoms with van der Waals surface area (Å²) >= 11 is 5.60. The number of nitrogens with zero attached hydrogens (tertiary/aromatic N) is 8. The molecule has 0 bridgehead atoms. The van der Waals surface area contributed by atoms with Gasteiger partial charge in [-0.05, 0) is 132 Å². The number of benzene rings is 2. The minimum atomic E-state index is -3.68. The van der Waals surface area contributed by atoms with E-state index in [0.29, 0.717) is 28.1 Å². The number of anilines is 2. The Hall–Kier alpha value is -4.59. The van der Waals surface area contributed by atoms with E-state index < -0.39 is 113 Å². The molecular weight excluding hydrogens is 720 g/mol. The number of aromatic hydroxyl groups is 1. The van der Waals surface area contributed by atoms with E-state index in [4.69, 9.17) is 57.5 Å². The zero-order valence-corrected chi connectivity index (χ0v) is 29.5. The van der Waals surface area contributed by atoms with E-state index >= 15 is 0 Å². The van der Waals surface area contributed by atoms with E-state index in [1.165, 1.54) is 30.3 Å². The number of fused-ring (bicyclic) bond motifs is 2. The molecule has 0 radical (unpaired) electrons. The van der Waals surface area contributed by atoms with Crippen LogP contribution in [-0.4, -0.2) is 69.8 Å². The van der Waals surface area contributed by atoms with Crippen molar-refractivity contribution in [2.75, 3.05) is 23.1 Å². The van der Waals surface area contributed by atoms with Crippen molar-refractivity contribution < 1.29 is 60.6 Å². The number of hydrogen-bond acceptors (Lipinski definition) is 10. The second-order valence-corrected chi connectivity index (χ2v) is 11.6. The van der Waals surface area contributed by atoms with Crippen LogP contribution < -0.4 is 15.4 Å². The van der Waals surface area contributed by atoms with Crippen LogP contribution in [0.25, 0.3) is 0 Å². The summed E-state index contributed by atoms with van der Waals surface area (Å²) in [6.45, 7) is 0.0293. The molecule has 0 atom stereocenters. The smallest absolute Gasteiger partial charge is 0.224 e. The van der Waals surface area contributed by atoms with Crippen LogP contribution in [0.5, 0.6) is 11.5 Å². The van der Waals surface area contributed by atoms with E-state index in [2.05, 4.69) is 41.7 Å². The van der Waals surface area contributed by atoms with Gasteiger partial charge in [-0.1, -0.05) is 38.2 Å². The fraction of sp³-hybridized carbons (Fsp3) is 0.600. The van der Waals surface area contributed by atoms with Crippen molar-refractivity contribution in [2.24, 2.45) is 0 Å².